The smallest absolute Gasteiger partial charge is 0.240 e. The summed E-state index contributed by atoms with van der Waals surface area (Å²) in [5, 5.41) is 3.32. The van der Waals surface area contributed by atoms with Crippen LogP contribution in [0.2, 0.25) is 0 Å². The zero-order chi connectivity index (χ0) is 19.7. The number of carbonyl (C=O) groups is 1. The van der Waals surface area contributed by atoms with Crippen molar-refractivity contribution in [2.75, 3.05) is 11.9 Å². The highest BCUT2D eigenvalue weighted by Gasteiger charge is 2.23. The zero-order valence-corrected chi connectivity index (χ0v) is 16.4. The molecule has 8 heteroatoms. The van der Waals surface area contributed by atoms with E-state index in [1.54, 1.807) is 24.5 Å². The lowest BCUT2D eigenvalue weighted by Gasteiger charge is -2.22. The minimum absolute atomic E-state index is 0.0642. The van der Waals surface area contributed by atoms with Gasteiger partial charge in [-0.15, -0.1) is 0 Å². The maximum Gasteiger partial charge on any atom is 0.240 e. The Morgan fingerprint density at radius 2 is 1.86 bits per heavy atom. The van der Waals surface area contributed by atoms with Crippen LogP contribution in [0.1, 0.15) is 5.82 Å². The molecule has 4 rings (SSSR count). The predicted molar refractivity (Wildman–Crippen MR) is 110 cm³/mol. The summed E-state index contributed by atoms with van der Waals surface area (Å²) >= 11 is 3.44. The molecule has 0 saturated carbocycles. The first-order valence-corrected chi connectivity index (χ1v) is 9.42. The Bertz CT molecular complexity index is 1040. The van der Waals surface area contributed by atoms with E-state index >= 15 is 0 Å². The highest BCUT2D eigenvalue weighted by atomic mass is 79.9. The molecular formula is C20H17BrFN5O. The standard InChI is InChI=1S/C20H17BrFN5O/c21-14-3-1-13(2-4-14)19-20(24-16-7-5-15(22)6-8-16)27-10-9-26(18(28)11-23)12-17(27)25-19/h1-10,24H,11-12,23H2. The van der Waals surface area contributed by atoms with Crippen molar-refractivity contribution < 1.29 is 9.18 Å². The zero-order valence-electron chi connectivity index (χ0n) is 14.8. The maximum absolute atomic E-state index is 13.3. The average molecular weight is 442 g/mol. The van der Waals surface area contributed by atoms with Crippen LogP contribution < -0.4 is 11.1 Å². The second-order valence-corrected chi connectivity index (χ2v) is 7.17. The highest BCUT2D eigenvalue weighted by Crippen LogP contribution is 2.34. The number of halogens is 2. The predicted octanol–water partition coefficient (Wildman–Crippen LogP) is 3.92. The quantitative estimate of drug-likeness (QED) is 0.642. The second kappa shape index (κ2) is 7.57. The molecule has 1 aliphatic rings. The summed E-state index contributed by atoms with van der Waals surface area (Å²) in [5.41, 5.74) is 7.86. The van der Waals surface area contributed by atoms with E-state index in [4.69, 9.17) is 10.7 Å². The Kier molecular flexibility index (Phi) is 4.97. The fourth-order valence-electron chi connectivity index (χ4n) is 2.99. The summed E-state index contributed by atoms with van der Waals surface area (Å²) in [4.78, 5) is 18.2. The number of imidazole rings is 1. The molecule has 2 heterocycles. The van der Waals surface area contributed by atoms with E-state index in [0.717, 1.165) is 27.2 Å². The fourth-order valence-corrected chi connectivity index (χ4v) is 3.25. The minimum atomic E-state index is -0.301. The summed E-state index contributed by atoms with van der Waals surface area (Å²) in [6.45, 7) is 0.256. The van der Waals surface area contributed by atoms with Crippen molar-refractivity contribution in [1.82, 2.24) is 14.5 Å². The average Bonchev–Trinajstić information content (AvgIpc) is 3.07. The molecule has 0 aliphatic carbocycles. The Hall–Kier alpha value is -2.97. The number of hydrogen-bond donors (Lipinski definition) is 2. The molecule has 1 amide bonds. The van der Waals surface area contributed by atoms with Crippen LogP contribution in [0.3, 0.4) is 0 Å². The summed E-state index contributed by atoms with van der Waals surface area (Å²) in [6, 6.07) is 13.9. The van der Waals surface area contributed by atoms with Crippen molar-refractivity contribution >= 4 is 39.5 Å². The number of amides is 1. The minimum Gasteiger partial charge on any atom is -0.339 e. The van der Waals surface area contributed by atoms with E-state index in [1.807, 2.05) is 28.8 Å². The van der Waals surface area contributed by atoms with E-state index in [9.17, 15) is 9.18 Å². The monoisotopic (exact) mass is 441 g/mol. The number of aromatic nitrogens is 2. The summed E-state index contributed by atoms with van der Waals surface area (Å²) < 4.78 is 16.1. The van der Waals surface area contributed by atoms with Crippen molar-refractivity contribution in [1.29, 1.82) is 0 Å². The van der Waals surface area contributed by atoms with Gasteiger partial charge in [0, 0.05) is 28.1 Å². The van der Waals surface area contributed by atoms with Crippen molar-refractivity contribution in [2.45, 2.75) is 6.54 Å². The third-order valence-electron chi connectivity index (χ3n) is 4.41. The highest BCUT2D eigenvalue weighted by molar-refractivity contribution is 9.10. The van der Waals surface area contributed by atoms with Crippen LogP contribution in [0.25, 0.3) is 17.5 Å². The van der Waals surface area contributed by atoms with E-state index in [-0.39, 0.29) is 18.3 Å². The largest absolute Gasteiger partial charge is 0.339 e. The SMILES string of the molecule is NCC(=O)N1C=Cn2c(nc(-c3ccc(Br)cc3)c2Nc2ccc(F)cc2)C1. The van der Waals surface area contributed by atoms with Gasteiger partial charge in [0.2, 0.25) is 5.91 Å². The van der Waals surface area contributed by atoms with E-state index in [1.165, 1.54) is 17.0 Å². The molecule has 0 radical (unpaired) electrons. The molecule has 28 heavy (non-hydrogen) atoms. The molecule has 3 N–H and O–H groups in total. The van der Waals surface area contributed by atoms with Crippen LogP contribution in [0, 0.1) is 5.82 Å². The Labute approximate surface area is 169 Å². The summed E-state index contributed by atoms with van der Waals surface area (Å²) in [5.74, 6) is 0.959. The van der Waals surface area contributed by atoms with Gasteiger partial charge in [-0.25, -0.2) is 9.37 Å². The van der Waals surface area contributed by atoms with Crippen molar-refractivity contribution in [3.05, 3.63) is 70.8 Å². The molecule has 1 aliphatic heterocycles. The van der Waals surface area contributed by atoms with Gasteiger partial charge in [-0.05, 0) is 36.4 Å². The van der Waals surface area contributed by atoms with Crippen LogP contribution in [-0.2, 0) is 11.3 Å². The molecule has 0 fully saturated rings. The summed E-state index contributed by atoms with van der Waals surface area (Å²) in [7, 11) is 0. The number of hydrogen-bond acceptors (Lipinski definition) is 4. The van der Waals surface area contributed by atoms with Gasteiger partial charge < -0.3 is 16.0 Å². The third-order valence-corrected chi connectivity index (χ3v) is 4.94. The molecule has 0 spiro atoms. The Morgan fingerprint density at radius 1 is 1.14 bits per heavy atom. The van der Waals surface area contributed by atoms with Crippen LogP contribution in [0.5, 0.6) is 0 Å². The van der Waals surface area contributed by atoms with Crippen molar-refractivity contribution in [3.63, 3.8) is 0 Å². The molecule has 0 atom stereocenters. The van der Waals surface area contributed by atoms with Crippen molar-refractivity contribution in [2.24, 2.45) is 5.73 Å². The van der Waals surface area contributed by atoms with Gasteiger partial charge in [0.1, 0.15) is 23.2 Å². The Morgan fingerprint density at radius 3 is 2.54 bits per heavy atom. The molecule has 0 saturated heterocycles. The van der Waals surface area contributed by atoms with Gasteiger partial charge in [0.15, 0.2) is 0 Å². The van der Waals surface area contributed by atoms with Crippen LogP contribution in [0.4, 0.5) is 15.9 Å². The first-order chi connectivity index (χ1) is 13.5. The molecular weight excluding hydrogens is 425 g/mol. The molecule has 3 aromatic rings. The number of fused-ring (bicyclic) bond motifs is 1. The normalized spacial score (nSPS) is 12.8. The molecule has 142 valence electrons. The number of nitrogens with one attached hydrogen (secondary N) is 1. The van der Waals surface area contributed by atoms with Gasteiger partial charge >= 0.3 is 0 Å². The lowest BCUT2D eigenvalue weighted by Crippen LogP contribution is -2.33. The van der Waals surface area contributed by atoms with E-state index in [2.05, 4.69) is 21.2 Å². The number of rotatable bonds is 4. The molecule has 1 aromatic heterocycles. The van der Waals surface area contributed by atoms with Crippen LogP contribution in [-0.4, -0.2) is 26.9 Å². The second-order valence-electron chi connectivity index (χ2n) is 6.26. The van der Waals surface area contributed by atoms with Gasteiger partial charge in [-0.1, -0.05) is 28.1 Å². The van der Waals surface area contributed by atoms with E-state index in [0.29, 0.717) is 12.4 Å². The number of nitrogens with two attached hydrogens (primary N) is 1. The molecule has 0 bridgehead atoms. The van der Waals surface area contributed by atoms with Crippen LogP contribution >= 0.6 is 15.9 Å². The Balaban J connectivity index is 1.78. The molecule has 2 aromatic carbocycles. The van der Waals surface area contributed by atoms with Crippen LogP contribution in [0.15, 0.2) is 59.2 Å². The maximum atomic E-state index is 13.3. The molecule has 0 unspecified atom stereocenters. The van der Waals surface area contributed by atoms with E-state index < -0.39 is 0 Å². The number of nitrogens with zero attached hydrogens (tertiary/aromatic N) is 3. The topological polar surface area (TPSA) is 76.2 Å². The van der Waals surface area contributed by atoms with Gasteiger partial charge in [0.05, 0.1) is 13.1 Å². The van der Waals surface area contributed by atoms with Crippen molar-refractivity contribution in [3.8, 4) is 11.3 Å². The van der Waals surface area contributed by atoms with Gasteiger partial charge in [-0.2, -0.15) is 0 Å². The summed E-state index contributed by atoms with van der Waals surface area (Å²) in [6.07, 6.45) is 3.46. The first kappa shape index (κ1) is 18.4. The lowest BCUT2D eigenvalue weighted by atomic mass is 10.1. The first-order valence-electron chi connectivity index (χ1n) is 8.62. The third kappa shape index (κ3) is 3.56. The number of carbonyl (C=O) groups excluding carboxylic acids is 1. The molecule has 6 nitrogen and oxygen atoms in total. The van der Waals surface area contributed by atoms with Gasteiger partial charge in [-0.3, -0.25) is 9.36 Å². The number of benzene rings is 2. The number of anilines is 2. The van der Waals surface area contributed by atoms with Gasteiger partial charge in [0.25, 0.3) is 0 Å². The lowest BCUT2D eigenvalue weighted by molar-refractivity contribution is -0.127. The fraction of sp³-hybridized carbons (Fsp3) is 0.100.